The molecule has 2 unspecified atom stereocenters. The van der Waals surface area contributed by atoms with Crippen LogP contribution in [-0.2, 0) is 6.42 Å². The van der Waals surface area contributed by atoms with Gasteiger partial charge in [-0.2, -0.15) is 0 Å². The van der Waals surface area contributed by atoms with E-state index >= 15 is 0 Å². The Morgan fingerprint density at radius 3 is 2.74 bits per heavy atom. The summed E-state index contributed by atoms with van der Waals surface area (Å²) in [6, 6.07) is 9.56. The van der Waals surface area contributed by atoms with E-state index in [-0.39, 0.29) is 0 Å². The van der Waals surface area contributed by atoms with Gasteiger partial charge < -0.3 is 5.32 Å². The van der Waals surface area contributed by atoms with Crippen LogP contribution in [0.15, 0.2) is 24.3 Å². The fourth-order valence-electron chi connectivity index (χ4n) is 2.77. The molecule has 1 aromatic carbocycles. The Labute approximate surface area is 122 Å². The normalized spacial score (nSPS) is 24.6. The van der Waals surface area contributed by atoms with Gasteiger partial charge in [0.2, 0.25) is 0 Å². The lowest BCUT2D eigenvalue weighted by atomic mass is 10.0. The molecule has 1 fully saturated rings. The number of benzene rings is 1. The van der Waals surface area contributed by atoms with Crippen LogP contribution in [0, 0.1) is 0 Å². The van der Waals surface area contributed by atoms with Gasteiger partial charge in [-0.05, 0) is 37.5 Å². The van der Waals surface area contributed by atoms with Crippen molar-refractivity contribution in [3.8, 4) is 0 Å². The van der Waals surface area contributed by atoms with Crippen molar-refractivity contribution in [1.29, 1.82) is 0 Å². The highest BCUT2D eigenvalue weighted by Gasteiger charge is 2.23. The fourth-order valence-corrected chi connectivity index (χ4v) is 2.90. The van der Waals surface area contributed by atoms with Crippen LogP contribution in [0.2, 0.25) is 5.02 Å². The van der Waals surface area contributed by atoms with E-state index < -0.39 is 0 Å². The Morgan fingerprint density at radius 1 is 1.32 bits per heavy atom. The minimum atomic E-state index is 0.639. The minimum absolute atomic E-state index is 0.639. The molecule has 2 rings (SSSR count). The summed E-state index contributed by atoms with van der Waals surface area (Å²) < 4.78 is 0. The lowest BCUT2D eigenvalue weighted by Gasteiger charge is -2.39. The molecule has 0 spiro atoms. The zero-order valence-corrected chi connectivity index (χ0v) is 12.8. The van der Waals surface area contributed by atoms with Crippen LogP contribution < -0.4 is 5.32 Å². The molecule has 1 saturated heterocycles. The van der Waals surface area contributed by atoms with Crippen LogP contribution in [0.3, 0.4) is 0 Å². The summed E-state index contributed by atoms with van der Waals surface area (Å²) in [4.78, 5) is 2.62. The van der Waals surface area contributed by atoms with Crippen LogP contribution in [0.4, 0.5) is 0 Å². The second-order valence-electron chi connectivity index (χ2n) is 5.61. The molecule has 0 saturated carbocycles. The molecular weight excluding hydrogens is 256 g/mol. The van der Waals surface area contributed by atoms with E-state index in [0.717, 1.165) is 24.5 Å². The predicted octanol–water partition coefficient (Wildman–Crippen LogP) is 3.34. The van der Waals surface area contributed by atoms with E-state index in [2.05, 4.69) is 36.2 Å². The maximum atomic E-state index is 5.92. The molecule has 0 aliphatic carbocycles. The molecule has 3 heteroatoms. The summed E-state index contributed by atoms with van der Waals surface area (Å²) in [6.45, 7) is 8.02. The molecule has 0 bridgehead atoms. The van der Waals surface area contributed by atoms with Crippen LogP contribution in [0.5, 0.6) is 0 Å². The number of hydrogen-bond acceptors (Lipinski definition) is 2. The standard InChI is InChI=1S/C16H25ClN2/c1-3-4-16-12-19(13(2)11-18-16)10-9-14-5-7-15(17)8-6-14/h5-8,13,16,18H,3-4,9-12H2,1-2H3. The van der Waals surface area contributed by atoms with Crippen LogP contribution in [0.25, 0.3) is 0 Å². The largest absolute Gasteiger partial charge is 0.311 e. The van der Waals surface area contributed by atoms with E-state index in [1.807, 2.05) is 12.1 Å². The van der Waals surface area contributed by atoms with Gasteiger partial charge in [-0.3, -0.25) is 4.90 Å². The molecule has 0 amide bonds. The number of hydrogen-bond donors (Lipinski definition) is 1. The van der Waals surface area contributed by atoms with Gasteiger partial charge in [0.25, 0.3) is 0 Å². The molecule has 0 radical (unpaired) electrons. The number of halogens is 1. The summed E-state index contributed by atoms with van der Waals surface area (Å²) in [6.07, 6.45) is 3.65. The molecule has 0 aromatic heterocycles. The Kier molecular flexibility index (Phi) is 5.68. The van der Waals surface area contributed by atoms with Crippen molar-refractivity contribution in [3.05, 3.63) is 34.9 Å². The molecule has 19 heavy (non-hydrogen) atoms. The van der Waals surface area contributed by atoms with Crippen LogP contribution >= 0.6 is 11.6 Å². The van der Waals surface area contributed by atoms with Crippen molar-refractivity contribution >= 4 is 11.6 Å². The first kappa shape index (κ1) is 14.8. The molecule has 1 aliphatic heterocycles. The molecule has 2 atom stereocenters. The Hall–Kier alpha value is -0.570. The smallest absolute Gasteiger partial charge is 0.0406 e. The van der Waals surface area contributed by atoms with Crippen LogP contribution in [-0.4, -0.2) is 36.6 Å². The number of nitrogens with zero attached hydrogens (tertiary/aromatic N) is 1. The van der Waals surface area contributed by atoms with E-state index in [1.165, 1.54) is 24.9 Å². The molecular formula is C16H25ClN2. The molecule has 2 nitrogen and oxygen atoms in total. The van der Waals surface area contributed by atoms with Crippen molar-refractivity contribution < 1.29 is 0 Å². The molecule has 106 valence electrons. The van der Waals surface area contributed by atoms with Gasteiger partial charge in [0, 0.05) is 36.7 Å². The van der Waals surface area contributed by atoms with Crippen molar-refractivity contribution in [2.45, 2.75) is 45.2 Å². The quantitative estimate of drug-likeness (QED) is 0.890. The van der Waals surface area contributed by atoms with Gasteiger partial charge in [0.1, 0.15) is 0 Å². The predicted molar refractivity (Wildman–Crippen MR) is 82.9 cm³/mol. The van der Waals surface area contributed by atoms with Gasteiger partial charge in [0.05, 0.1) is 0 Å². The number of nitrogens with one attached hydrogen (secondary N) is 1. The SMILES string of the molecule is CCCC1CN(CCc2ccc(Cl)cc2)C(C)CN1. The van der Waals surface area contributed by atoms with Crippen molar-refractivity contribution in [2.24, 2.45) is 0 Å². The molecule has 1 aliphatic rings. The lowest BCUT2D eigenvalue weighted by Crippen LogP contribution is -2.55. The summed E-state index contributed by atoms with van der Waals surface area (Å²) in [5.41, 5.74) is 1.38. The highest BCUT2D eigenvalue weighted by molar-refractivity contribution is 6.30. The molecule has 1 N–H and O–H groups in total. The van der Waals surface area contributed by atoms with E-state index in [1.54, 1.807) is 0 Å². The highest BCUT2D eigenvalue weighted by atomic mass is 35.5. The molecule has 1 aromatic rings. The number of piperazine rings is 1. The Morgan fingerprint density at radius 2 is 2.05 bits per heavy atom. The van der Waals surface area contributed by atoms with Crippen molar-refractivity contribution in [2.75, 3.05) is 19.6 Å². The molecule has 1 heterocycles. The minimum Gasteiger partial charge on any atom is -0.311 e. The maximum Gasteiger partial charge on any atom is 0.0406 e. The van der Waals surface area contributed by atoms with Gasteiger partial charge >= 0.3 is 0 Å². The second kappa shape index (κ2) is 7.28. The first-order chi connectivity index (χ1) is 9.19. The third-order valence-corrected chi connectivity index (χ3v) is 4.27. The summed E-state index contributed by atoms with van der Waals surface area (Å²) in [7, 11) is 0. The first-order valence-electron chi connectivity index (χ1n) is 7.41. The Balaban J connectivity index is 1.84. The third-order valence-electron chi connectivity index (χ3n) is 4.02. The van der Waals surface area contributed by atoms with Crippen molar-refractivity contribution in [3.63, 3.8) is 0 Å². The second-order valence-corrected chi connectivity index (χ2v) is 6.05. The third kappa shape index (κ3) is 4.48. The monoisotopic (exact) mass is 280 g/mol. The zero-order chi connectivity index (χ0) is 13.7. The van der Waals surface area contributed by atoms with E-state index in [4.69, 9.17) is 11.6 Å². The maximum absolute atomic E-state index is 5.92. The fraction of sp³-hybridized carbons (Fsp3) is 0.625. The summed E-state index contributed by atoms with van der Waals surface area (Å²) >= 11 is 5.92. The lowest BCUT2D eigenvalue weighted by molar-refractivity contribution is 0.138. The van der Waals surface area contributed by atoms with E-state index in [0.29, 0.717) is 12.1 Å². The zero-order valence-electron chi connectivity index (χ0n) is 12.0. The average molecular weight is 281 g/mol. The summed E-state index contributed by atoms with van der Waals surface area (Å²) in [5.74, 6) is 0. The van der Waals surface area contributed by atoms with Gasteiger partial charge in [0.15, 0.2) is 0 Å². The average Bonchev–Trinajstić information content (AvgIpc) is 2.41. The van der Waals surface area contributed by atoms with Gasteiger partial charge in [-0.15, -0.1) is 0 Å². The van der Waals surface area contributed by atoms with Crippen molar-refractivity contribution in [1.82, 2.24) is 10.2 Å². The van der Waals surface area contributed by atoms with Crippen LogP contribution in [0.1, 0.15) is 32.3 Å². The summed E-state index contributed by atoms with van der Waals surface area (Å²) in [5, 5.41) is 4.47. The van der Waals surface area contributed by atoms with Gasteiger partial charge in [-0.1, -0.05) is 37.1 Å². The Bertz CT molecular complexity index is 377. The topological polar surface area (TPSA) is 15.3 Å². The van der Waals surface area contributed by atoms with Gasteiger partial charge in [-0.25, -0.2) is 0 Å². The van der Waals surface area contributed by atoms with E-state index in [9.17, 15) is 0 Å². The number of rotatable bonds is 5. The highest BCUT2D eigenvalue weighted by Crippen LogP contribution is 2.13. The first-order valence-corrected chi connectivity index (χ1v) is 7.78.